The quantitative estimate of drug-likeness (QED) is 0.241. The molecule has 0 N–H and O–H groups in total. The minimum Gasteiger partial charge on any atom is -0.465 e. The lowest BCUT2D eigenvalue weighted by atomic mass is 9.78. The van der Waals surface area contributed by atoms with Crippen LogP contribution in [0.1, 0.15) is 60.3 Å². The van der Waals surface area contributed by atoms with E-state index in [-0.39, 0.29) is 50.6 Å². The first-order valence-electron chi connectivity index (χ1n) is 11.6. The Labute approximate surface area is 189 Å². The fourth-order valence-corrected chi connectivity index (χ4v) is 6.19. The summed E-state index contributed by atoms with van der Waals surface area (Å²) in [5, 5.41) is 0. The molecule has 0 aliphatic heterocycles. The standard InChI is InChI=1S/C24H34O8/c1-6-29-19(25)23(20(26)30-7-2)11-15-10-16-12-24(21(27)31-8-3,22(28)32-9-4)14(5)18(16)17(15)13-23/h15-17H,6-13H2,1-5H3/t15-,16-,17+/m1/s1. The first-order valence-corrected chi connectivity index (χ1v) is 11.6. The fourth-order valence-electron chi connectivity index (χ4n) is 6.19. The van der Waals surface area contributed by atoms with E-state index in [2.05, 4.69) is 0 Å². The van der Waals surface area contributed by atoms with E-state index in [9.17, 15) is 19.2 Å². The highest BCUT2D eigenvalue weighted by atomic mass is 16.6. The monoisotopic (exact) mass is 450 g/mol. The molecular weight excluding hydrogens is 416 g/mol. The number of ether oxygens (including phenoxy) is 4. The predicted molar refractivity (Wildman–Crippen MR) is 113 cm³/mol. The molecule has 8 nitrogen and oxygen atoms in total. The molecule has 0 aromatic heterocycles. The Bertz CT molecular complexity index is 790. The van der Waals surface area contributed by atoms with E-state index < -0.39 is 34.7 Å². The molecule has 0 amide bonds. The summed E-state index contributed by atoms with van der Waals surface area (Å²) >= 11 is 0. The molecule has 3 atom stereocenters. The van der Waals surface area contributed by atoms with Crippen LogP contribution in [0.25, 0.3) is 0 Å². The summed E-state index contributed by atoms with van der Waals surface area (Å²) in [5.41, 5.74) is -1.17. The van der Waals surface area contributed by atoms with Crippen molar-refractivity contribution in [2.75, 3.05) is 26.4 Å². The van der Waals surface area contributed by atoms with Gasteiger partial charge < -0.3 is 18.9 Å². The van der Waals surface area contributed by atoms with Crippen LogP contribution in [0.5, 0.6) is 0 Å². The SMILES string of the molecule is CCOC(=O)C1(C(=O)OCC)C[C@H]2C[C@@H]3CC(C(=O)OCC)(C(=O)OCC)C(C)=C3[C@H]2C1. The third kappa shape index (κ3) is 3.52. The van der Waals surface area contributed by atoms with Crippen molar-refractivity contribution in [2.45, 2.75) is 60.3 Å². The molecule has 32 heavy (non-hydrogen) atoms. The molecule has 0 saturated heterocycles. The molecule has 0 unspecified atom stereocenters. The highest BCUT2D eigenvalue weighted by Gasteiger charge is 2.66. The van der Waals surface area contributed by atoms with Gasteiger partial charge >= 0.3 is 23.9 Å². The number of hydrogen-bond donors (Lipinski definition) is 0. The third-order valence-corrected chi connectivity index (χ3v) is 7.38. The second-order valence-corrected chi connectivity index (χ2v) is 8.86. The molecule has 3 aliphatic carbocycles. The minimum absolute atomic E-state index is 0.0150. The van der Waals surface area contributed by atoms with E-state index in [0.29, 0.717) is 24.8 Å². The van der Waals surface area contributed by atoms with Crippen LogP contribution < -0.4 is 0 Å². The largest absolute Gasteiger partial charge is 0.465 e. The van der Waals surface area contributed by atoms with Crippen LogP contribution in [-0.4, -0.2) is 50.3 Å². The van der Waals surface area contributed by atoms with E-state index in [4.69, 9.17) is 18.9 Å². The molecular formula is C24H34O8. The Morgan fingerprint density at radius 2 is 1.22 bits per heavy atom. The molecule has 8 heteroatoms. The normalized spacial score (nSPS) is 26.8. The van der Waals surface area contributed by atoms with Crippen molar-refractivity contribution in [3.05, 3.63) is 11.1 Å². The summed E-state index contributed by atoms with van der Waals surface area (Å²) in [6.07, 6.45) is 1.62. The van der Waals surface area contributed by atoms with Crippen LogP contribution >= 0.6 is 0 Å². The van der Waals surface area contributed by atoms with Gasteiger partial charge in [0, 0.05) is 0 Å². The van der Waals surface area contributed by atoms with Gasteiger partial charge in [0.25, 0.3) is 0 Å². The van der Waals surface area contributed by atoms with Crippen molar-refractivity contribution in [3.8, 4) is 0 Å². The van der Waals surface area contributed by atoms with Gasteiger partial charge in [0.2, 0.25) is 0 Å². The fraction of sp³-hybridized carbons (Fsp3) is 0.750. The van der Waals surface area contributed by atoms with Crippen molar-refractivity contribution in [1.29, 1.82) is 0 Å². The van der Waals surface area contributed by atoms with Crippen LogP contribution in [0.2, 0.25) is 0 Å². The van der Waals surface area contributed by atoms with Crippen LogP contribution in [-0.2, 0) is 38.1 Å². The number of allylic oxidation sites excluding steroid dienone is 1. The zero-order valence-electron chi connectivity index (χ0n) is 19.7. The number of fused-ring (bicyclic) bond motifs is 3. The maximum absolute atomic E-state index is 13.0. The molecule has 0 radical (unpaired) electrons. The van der Waals surface area contributed by atoms with Gasteiger partial charge in [0.1, 0.15) is 0 Å². The maximum atomic E-state index is 13.0. The van der Waals surface area contributed by atoms with E-state index in [1.807, 2.05) is 0 Å². The highest BCUT2D eigenvalue weighted by molar-refractivity contribution is 6.05. The topological polar surface area (TPSA) is 105 Å². The van der Waals surface area contributed by atoms with Crippen molar-refractivity contribution in [2.24, 2.45) is 28.6 Å². The number of carbonyl (C=O) groups excluding carboxylic acids is 4. The Hall–Kier alpha value is -2.38. The number of hydrogen-bond acceptors (Lipinski definition) is 8. The summed E-state index contributed by atoms with van der Waals surface area (Å²) in [7, 11) is 0. The molecule has 3 aliphatic rings. The Kier molecular flexibility index (Phi) is 7.00. The highest BCUT2D eigenvalue weighted by Crippen LogP contribution is 2.65. The van der Waals surface area contributed by atoms with Gasteiger partial charge in [-0.3, -0.25) is 19.2 Å². The average molecular weight is 451 g/mol. The second kappa shape index (κ2) is 9.24. The van der Waals surface area contributed by atoms with Crippen molar-refractivity contribution < 1.29 is 38.1 Å². The molecule has 2 fully saturated rings. The zero-order valence-corrected chi connectivity index (χ0v) is 19.7. The first-order chi connectivity index (χ1) is 15.2. The first kappa shape index (κ1) is 24.3. The van der Waals surface area contributed by atoms with Gasteiger partial charge in [-0.05, 0) is 83.6 Å². The summed E-state index contributed by atoms with van der Waals surface area (Å²) in [6.45, 7) is 9.29. The molecule has 2 saturated carbocycles. The predicted octanol–water partition coefficient (Wildman–Crippen LogP) is 2.98. The van der Waals surface area contributed by atoms with Crippen molar-refractivity contribution in [3.63, 3.8) is 0 Å². The average Bonchev–Trinajstić information content (AvgIpc) is 3.35. The summed E-state index contributed by atoms with van der Waals surface area (Å²) in [6, 6.07) is 0. The summed E-state index contributed by atoms with van der Waals surface area (Å²) in [5.74, 6) is -2.28. The van der Waals surface area contributed by atoms with Gasteiger partial charge in [-0.25, -0.2) is 0 Å². The molecule has 0 aromatic carbocycles. The number of esters is 4. The van der Waals surface area contributed by atoms with E-state index in [0.717, 1.165) is 5.57 Å². The van der Waals surface area contributed by atoms with Gasteiger partial charge in [-0.2, -0.15) is 0 Å². The molecule has 0 aromatic rings. The van der Waals surface area contributed by atoms with Gasteiger partial charge in [-0.1, -0.05) is 5.57 Å². The Morgan fingerprint density at radius 3 is 1.69 bits per heavy atom. The van der Waals surface area contributed by atoms with E-state index >= 15 is 0 Å². The Balaban J connectivity index is 2.02. The molecule has 0 spiro atoms. The van der Waals surface area contributed by atoms with Crippen molar-refractivity contribution in [1.82, 2.24) is 0 Å². The third-order valence-electron chi connectivity index (χ3n) is 7.38. The lowest BCUT2D eigenvalue weighted by molar-refractivity contribution is -0.172. The van der Waals surface area contributed by atoms with Crippen LogP contribution in [0.4, 0.5) is 0 Å². The van der Waals surface area contributed by atoms with Gasteiger partial charge in [-0.15, -0.1) is 0 Å². The Morgan fingerprint density at radius 1 is 0.750 bits per heavy atom. The van der Waals surface area contributed by atoms with E-state index in [1.54, 1.807) is 34.6 Å². The van der Waals surface area contributed by atoms with Crippen LogP contribution in [0.15, 0.2) is 11.1 Å². The second-order valence-electron chi connectivity index (χ2n) is 8.86. The smallest absolute Gasteiger partial charge is 0.327 e. The zero-order chi connectivity index (χ0) is 23.7. The lowest BCUT2D eigenvalue weighted by Gasteiger charge is -2.28. The maximum Gasteiger partial charge on any atom is 0.327 e. The van der Waals surface area contributed by atoms with E-state index in [1.165, 1.54) is 0 Å². The minimum atomic E-state index is -1.46. The van der Waals surface area contributed by atoms with Gasteiger partial charge in [0.05, 0.1) is 26.4 Å². The van der Waals surface area contributed by atoms with Gasteiger partial charge in [0.15, 0.2) is 10.8 Å². The lowest BCUT2D eigenvalue weighted by Crippen LogP contribution is -2.42. The summed E-state index contributed by atoms with van der Waals surface area (Å²) in [4.78, 5) is 51.9. The number of carbonyl (C=O) groups is 4. The molecule has 0 heterocycles. The van der Waals surface area contributed by atoms with Crippen LogP contribution in [0, 0.1) is 28.6 Å². The molecule has 178 valence electrons. The number of rotatable bonds is 8. The van der Waals surface area contributed by atoms with Crippen molar-refractivity contribution >= 4 is 23.9 Å². The molecule has 0 bridgehead atoms. The summed E-state index contributed by atoms with van der Waals surface area (Å²) < 4.78 is 21.2. The van der Waals surface area contributed by atoms with Crippen LogP contribution in [0.3, 0.4) is 0 Å². The molecule has 3 rings (SSSR count).